The maximum absolute atomic E-state index is 10.6. The number of carbonyl (C=O) groups excluding carboxylic acids is 1. The van der Waals surface area contributed by atoms with Crippen molar-refractivity contribution in [2.24, 2.45) is 0 Å². The highest BCUT2D eigenvalue weighted by Crippen LogP contribution is 2.26. The van der Waals surface area contributed by atoms with E-state index in [1.165, 1.54) is 0 Å². The molecule has 0 N–H and O–H groups in total. The molecule has 1 aliphatic rings. The smallest absolute Gasteiger partial charge is 0.179 e. The van der Waals surface area contributed by atoms with Gasteiger partial charge in [0.15, 0.2) is 5.79 Å². The Morgan fingerprint density at radius 3 is 2.47 bits per heavy atom. The van der Waals surface area contributed by atoms with Crippen molar-refractivity contribution >= 4 is 6.29 Å². The van der Waals surface area contributed by atoms with Crippen LogP contribution in [0.25, 0.3) is 0 Å². The highest BCUT2D eigenvalue weighted by molar-refractivity contribution is 5.51. The van der Waals surface area contributed by atoms with Crippen LogP contribution in [0.4, 0.5) is 0 Å². The SMILES string of the molecule is O=CCC1(Cc2ccccc2)OCCO1. The molecule has 15 heavy (non-hydrogen) atoms. The Morgan fingerprint density at radius 2 is 1.87 bits per heavy atom. The van der Waals surface area contributed by atoms with Crippen LogP contribution >= 0.6 is 0 Å². The van der Waals surface area contributed by atoms with Crippen molar-refractivity contribution in [2.75, 3.05) is 13.2 Å². The lowest BCUT2D eigenvalue weighted by Crippen LogP contribution is -2.33. The van der Waals surface area contributed by atoms with Gasteiger partial charge in [0.1, 0.15) is 6.29 Å². The van der Waals surface area contributed by atoms with Crippen LogP contribution in [0.3, 0.4) is 0 Å². The molecule has 1 heterocycles. The first-order chi connectivity index (χ1) is 7.35. The maximum atomic E-state index is 10.6. The molecular weight excluding hydrogens is 192 g/mol. The summed E-state index contributed by atoms with van der Waals surface area (Å²) in [7, 11) is 0. The topological polar surface area (TPSA) is 35.5 Å². The lowest BCUT2D eigenvalue weighted by molar-refractivity contribution is -0.162. The van der Waals surface area contributed by atoms with Crippen molar-refractivity contribution in [2.45, 2.75) is 18.6 Å². The van der Waals surface area contributed by atoms with Crippen molar-refractivity contribution in [3.63, 3.8) is 0 Å². The van der Waals surface area contributed by atoms with E-state index in [0.29, 0.717) is 26.1 Å². The van der Waals surface area contributed by atoms with Gasteiger partial charge in [0.25, 0.3) is 0 Å². The van der Waals surface area contributed by atoms with Gasteiger partial charge in [0.2, 0.25) is 0 Å². The van der Waals surface area contributed by atoms with Gasteiger partial charge in [-0.15, -0.1) is 0 Å². The van der Waals surface area contributed by atoms with Crippen LogP contribution in [0.1, 0.15) is 12.0 Å². The van der Waals surface area contributed by atoms with Gasteiger partial charge in [-0.05, 0) is 5.56 Å². The molecule has 80 valence electrons. The molecule has 0 spiro atoms. The van der Waals surface area contributed by atoms with Gasteiger partial charge < -0.3 is 14.3 Å². The Kier molecular flexibility index (Phi) is 3.14. The summed E-state index contributed by atoms with van der Waals surface area (Å²) in [5, 5.41) is 0. The summed E-state index contributed by atoms with van der Waals surface area (Å²) in [6, 6.07) is 9.93. The first kappa shape index (κ1) is 10.3. The largest absolute Gasteiger partial charge is 0.347 e. The van der Waals surface area contributed by atoms with E-state index in [9.17, 15) is 4.79 Å². The fourth-order valence-electron chi connectivity index (χ4n) is 1.82. The number of carbonyl (C=O) groups is 1. The van der Waals surface area contributed by atoms with Gasteiger partial charge in [-0.2, -0.15) is 0 Å². The molecular formula is C12H14O3. The third kappa shape index (κ3) is 2.43. The first-order valence-corrected chi connectivity index (χ1v) is 5.10. The van der Waals surface area contributed by atoms with Crippen LogP contribution in [0.15, 0.2) is 30.3 Å². The molecule has 0 saturated carbocycles. The second kappa shape index (κ2) is 4.55. The molecule has 0 unspecified atom stereocenters. The fraction of sp³-hybridized carbons (Fsp3) is 0.417. The Hall–Kier alpha value is -1.19. The van der Waals surface area contributed by atoms with Gasteiger partial charge >= 0.3 is 0 Å². The average Bonchev–Trinajstić information content (AvgIpc) is 2.69. The molecule has 0 radical (unpaired) electrons. The third-order valence-corrected chi connectivity index (χ3v) is 2.52. The van der Waals surface area contributed by atoms with Crippen molar-refractivity contribution in [1.82, 2.24) is 0 Å². The molecule has 0 aliphatic carbocycles. The van der Waals surface area contributed by atoms with E-state index in [4.69, 9.17) is 9.47 Å². The van der Waals surface area contributed by atoms with E-state index >= 15 is 0 Å². The highest BCUT2D eigenvalue weighted by atomic mass is 16.7. The van der Waals surface area contributed by atoms with Crippen LogP contribution in [-0.4, -0.2) is 25.3 Å². The van der Waals surface area contributed by atoms with Gasteiger partial charge in [-0.25, -0.2) is 0 Å². The molecule has 0 bridgehead atoms. The van der Waals surface area contributed by atoms with E-state index in [1.54, 1.807) is 0 Å². The summed E-state index contributed by atoms with van der Waals surface area (Å²) in [6.07, 6.45) is 1.78. The molecule has 1 saturated heterocycles. The van der Waals surface area contributed by atoms with Crippen LogP contribution in [0.5, 0.6) is 0 Å². The van der Waals surface area contributed by atoms with E-state index in [1.807, 2.05) is 30.3 Å². The molecule has 0 amide bonds. The molecule has 0 atom stereocenters. The highest BCUT2D eigenvalue weighted by Gasteiger charge is 2.36. The number of benzene rings is 1. The molecule has 1 aromatic rings. The van der Waals surface area contributed by atoms with E-state index in [-0.39, 0.29) is 0 Å². The second-order valence-corrected chi connectivity index (χ2v) is 3.64. The summed E-state index contributed by atoms with van der Waals surface area (Å²) in [5.74, 6) is -0.719. The molecule has 1 aromatic carbocycles. The monoisotopic (exact) mass is 206 g/mol. The van der Waals surface area contributed by atoms with E-state index in [2.05, 4.69) is 0 Å². The molecule has 3 heteroatoms. The van der Waals surface area contributed by atoms with Crippen LogP contribution < -0.4 is 0 Å². The Balaban J connectivity index is 2.10. The van der Waals surface area contributed by atoms with Gasteiger partial charge in [0.05, 0.1) is 19.6 Å². The molecule has 0 aromatic heterocycles. The van der Waals surface area contributed by atoms with E-state index < -0.39 is 5.79 Å². The predicted molar refractivity (Wildman–Crippen MR) is 55.5 cm³/mol. The van der Waals surface area contributed by atoms with Gasteiger partial charge in [-0.3, -0.25) is 0 Å². The lowest BCUT2D eigenvalue weighted by Gasteiger charge is -2.25. The fourth-order valence-corrected chi connectivity index (χ4v) is 1.82. The molecule has 3 nitrogen and oxygen atoms in total. The number of rotatable bonds is 4. The average molecular weight is 206 g/mol. The lowest BCUT2D eigenvalue weighted by atomic mass is 10.0. The van der Waals surface area contributed by atoms with E-state index in [0.717, 1.165) is 11.8 Å². The van der Waals surface area contributed by atoms with Crippen LogP contribution in [0.2, 0.25) is 0 Å². The summed E-state index contributed by atoms with van der Waals surface area (Å²) < 4.78 is 11.1. The number of hydrogen-bond acceptors (Lipinski definition) is 3. The van der Waals surface area contributed by atoms with Crippen molar-refractivity contribution in [1.29, 1.82) is 0 Å². The summed E-state index contributed by atoms with van der Waals surface area (Å²) in [5.41, 5.74) is 1.13. The normalized spacial score (nSPS) is 18.9. The number of ether oxygens (including phenoxy) is 2. The molecule has 1 aliphatic heterocycles. The Bertz CT molecular complexity index is 315. The third-order valence-electron chi connectivity index (χ3n) is 2.52. The number of aldehydes is 1. The van der Waals surface area contributed by atoms with Crippen molar-refractivity contribution < 1.29 is 14.3 Å². The number of hydrogen-bond donors (Lipinski definition) is 0. The second-order valence-electron chi connectivity index (χ2n) is 3.64. The zero-order valence-corrected chi connectivity index (χ0v) is 8.52. The van der Waals surface area contributed by atoms with Crippen LogP contribution in [-0.2, 0) is 20.7 Å². The Morgan fingerprint density at radius 1 is 1.20 bits per heavy atom. The quantitative estimate of drug-likeness (QED) is 0.701. The zero-order valence-electron chi connectivity index (χ0n) is 8.52. The van der Waals surface area contributed by atoms with Crippen molar-refractivity contribution in [3.8, 4) is 0 Å². The Labute approximate surface area is 89.0 Å². The summed E-state index contributed by atoms with van der Waals surface area (Å²) in [4.78, 5) is 10.6. The van der Waals surface area contributed by atoms with Crippen LogP contribution in [0, 0.1) is 0 Å². The predicted octanol–water partition coefficient (Wildman–Crippen LogP) is 1.56. The summed E-state index contributed by atoms with van der Waals surface area (Å²) in [6.45, 7) is 1.14. The van der Waals surface area contributed by atoms with Crippen molar-refractivity contribution in [3.05, 3.63) is 35.9 Å². The maximum Gasteiger partial charge on any atom is 0.179 e. The minimum atomic E-state index is -0.719. The molecule has 2 rings (SSSR count). The molecule has 1 fully saturated rings. The van der Waals surface area contributed by atoms with Gasteiger partial charge in [0, 0.05) is 6.42 Å². The standard InChI is InChI=1S/C12H14O3/c13-7-6-12(14-8-9-15-12)10-11-4-2-1-3-5-11/h1-5,7H,6,8-10H2. The first-order valence-electron chi connectivity index (χ1n) is 5.10. The van der Waals surface area contributed by atoms with Gasteiger partial charge in [-0.1, -0.05) is 30.3 Å². The summed E-state index contributed by atoms with van der Waals surface area (Å²) >= 11 is 0. The minimum Gasteiger partial charge on any atom is -0.347 e. The zero-order chi connectivity index (χ0) is 10.6. The minimum absolute atomic E-state index is 0.294.